The third kappa shape index (κ3) is 2.67. The van der Waals surface area contributed by atoms with Crippen LogP contribution in [0.1, 0.15) is 19.3 Å². The van der Waals surface area contributed by atoms with E-state index in [0.29, 0.717) is 23.2 Å². The average Bonchev–Trinajstić information content (AvgIpc) is 3.01. The molecule has 0 radical (unpaired) electrons. The third-order valence-corrected chi connectivity index (χ3v) is 5.09. The van der Waals surface area contributed by atoms with Crippen LogP contribution in [-0.2, 0) is 0 Å². The number of aromatic nitrogens is 3. The van der Waals surface area contributed by atoms with Crippen molar-refractivity contribution in [1.29, 1.82) is 0 Å². The van der Waals surface area contributed by atoms with E-state index < -0.39 is 11.5 Å². The van der Waals surface area contributed by atoms with Crippen LogP contribution >= 0.6 is 11.6 Å². The highest BCUT2D eigenvalue weighted by Gasteiger charge is 2.37. The highest BCUT2D eigenvalue weighted by atomic mass is 35.5. The Morgan fingerprint density at radius 1 is 1.38 bits per heavy atom. The minimum Gasteiger partial charge on any atom is -0.351 e. The van der Waals surface area contributed by atoms with Gasteiger partial charge < -0.3 is 15.2 Å². The van der Waals surface area contributed by atoms with Crippen molar-refractivity contribution < 1.29 is 4.39 Å². The quantitative estimate of drug-likeness (QED) is 0.811. The molecule has 2 unspecified atom stereocenters. The Morgan fingerprint density at radius 3 is 3.08 bits per heavy atom. The lowest BCUT2D eigenvalue weighted by Crippen LogP contribution is -2.47. The highest BCUT2D eigenvalue weighted by molar-refractivity contribution is 6.32. The van der Waals surface area contributed by atoms with Gasteiger partial charge in [0, 0.05) is 36.5 Å². The summed E-state index contributed by atoms with van der Waals surface area (Å²) < 4.78 is 13.4. The molecule has 2 fully saturated rings. The van der Waals surface area contributed by atoms with Crippen LogP contribution in [0.25, 0.3) is 11.4 Å². The van der Waals surface area contributed by atoms with Crippen LogP contribution in [0.5, 0.6) is 0 Å². The smallest absolute Gasteiger partial charge is 0.272 e. The summed E-state index contributed by atoms with van der Waals surface area (Å²) in [6.45, 7) is 1.82. The second-order valence-corrected chi connectivity index (χ2v) is 6.55. The first-order valence-electron chi connectivity index (χ1n) is 8.05. The number of H-pyrrole nitrogens is 1. The molecular formula is C16H17ClFN5O. The minimum atomic E-state index is -0.621. The van der Waals surface area contributed by atoms with Crippen LogP contribution in [0.4, 0.5) is 10.2 Å². The summed E-state index contributed by atoms with van der Waals surface area (Å²) in [6, 6.07) is 3.53. The highest BCUT2D eigenvalue weighted by Crippen LogP contribution is 2.33. The number of pyridine rings is 1. The normalized spacial score (nSPS) is 23.3. The molecule has 0 saturated carbocycles. The van der Waals surface area contributed by atoms with E-state index in [0.717, 1.165) is 32.4 Å². The summed E-state index contributed by atoms with van der Waals surface area (Å²) >= 11 is 6.24. The largest absolute Gasteiger partial charge is 0.351 e. The van der Waals surface area contributed by atoms with Gasteiger partial charge in [-0.05, 0) is 31.9 Å². The first-order valence-corrected chi connectivity index (χ1v) is 8.43. The molecule has 4 rings (SSSR count). The molecule has 2 N–H and O–H groups in total. The van der Waals surface area contributed by atoms with Crippen molar-refractivity contribution >= 4 is 17.4 Å². The van der Waals surface area contributed by atoms with Crippen LogP contribution in [-0.4, -0.2) is 40.1 Å². The van der Waals surface area contributed by atoms with E-state index >= 15 is 0 Å². The number of anilines is 1. The Bertz CT molecular complexity index is 826. The monoisotopic (exact) mass is 349 g/mol. The van der Waals surface area contributed by atoms with Crippen LogP contribution in [0.15, 0.2) is 23.1 Å². The van der Waals surface area contributed by atoms with Gasteiger partial charge in [-0.3, -0.25) is 4.79 Å². The van der Waals surface area contributed by atoms with Gasteiger partial charge in [-0.2, -0.15) is 4.39 Å². The summed E-state index contributed by atoms with van der Waals surface area (Å²) in [5.74, 6) is 0.154. The molecule has 24 heavy (non-hydrogen) atoms. The Hall–Kier alpha value is -1.99. The Balaban J connectivity index is 1.77. The lowest BCUT2D eigenvalue weighted by Gasteiger charge is -2.33. The summed E-state index contributed by atoms with van der Waals surface area (Å²) in [4.78, 5) is 25.0. The molecule has 4 heterocycles. The Labute approximate surface area is 143 Å². The molecule has 2 aromatic heterocycles. The van der Waals surface area contributed by atoms with E-state index in [2.05, 4.69) is 25.2 Å². The van der Waals surface area contributed by atoms with E-state index in [4.69, 9.17) is 11.6 Å². The van der Waals surface area contributed by atoms with Gasteiger partial charge in [-0.15, -0.1) is 0 Å². The van der Waals surface area contributed by atoms with Gasteiger partial charge in [0.05, 0.1) is 0 Å². The van der Waals surface area contributed by atoms with Crippen molar-refractivity contribution in [2.24, 2.45) is 0 Å². The first kappa shape index (κ1) is 15.5. The lowest BCUT2D eigenvalue weighted by molar-refractivity contribution is 0.381. The second-order valence-electron chi connectivity index (χ2n) is 6.17. The second kappa shape index (κ2) is 6.14. The summed E-state index contributed by atoms with van der Waals surface area (Å²) in [5, 5.41) is 3.60. The first-order chi connectivity index (χ1) is 11.6. The molecule has 6 nitrogen and oxygen atoms in total. The number of aromatic amines is 1. The summed E-state index contributed by atoms with van der Waals surface area (Å²) in [6.07, 6.45) is 4.47. The van der Waals surface area contributed by atoms with Gasteiger partial charge in [0.15, 0.2) is 5.82 Å². The number of nitrogens with one attached hydrogen (secondary N) is 2. The van der Waals surface area contributed by atoms with E-state index in [1.54, 1.807) is 6.07 Å². The van der Waals surface area contributed by atoms with Crippen LogP contribution < -0.4 is 15.8 Å². The van der Waals surface area contributed by atoms with Gasteiger partial charge >= 0.3 is 0 Å². The molecule has 0 bridgehead atoms. The van der Waals surface area contributed by atoms with E-state index in [-0.39, 0.29) is 11.1 Å². The molecule has 0 spiro atoms. The zero-order chi connectivity index (χ0) is 16.7. The number of halogens is 2. The summed E-state index contributed by atoms with van der Waals surface area (Å²) in [5.41, 5.74) is 0.0520. The van der Waals surface area contributed by atoms with Crippen molar-refractivity contribution in [3.05, 3.63) is 39.7 Å². The average molecular weight is 350 g/mol. The number of hydrogen-bond donors (Lipinski definition) is 2. The molecule has 2 saturated heterocycles. The maximum atomic E-state index is 13.4. The number of piperidine rings is 1. The molecule has 0 amide bonds. The molecule has 0 aromatic carbocycles. The van der Waals surface area contributed by atoms with Crippen molar-refractivity contribution in [2.75, 3.05) is 18.0 Å². The topological polar surface area (TPSA) is 73.9 Å². The van der Waals surface area contributed by atoms with E-state index in [1.807, 2.05) is 0 Å². The Kier molecular flexibility index (Phi) is 3.97. The minimum absolute atomic E-state index is 0.0829. The summed E-state index contributed by atoms with van der Waals surface area (Å²) in [7, 11) is 0. The standard InChI is InChI=1S/C16H17ClFN5O/c17-13-15(23-7-4-10-11(23)2-1-5-19-10)21-14(22-16(13)24)9-3-6-20-12(18)8-9/h3,6,8,10-11,19H,1-2,4-5,7H2,(H,21,22,24). The van der Waals surface area contributed by atoms with E-state index in [9.17, 15) is 9.18 Å². The molecule has 0 aliphatic carbocycles. The molecule has 126 valence electrons. The van der Waals surface area contributed by atoms with Gasteiger partial charge in [-0.25, -0.2) is 9.97 Å². The van der Waals surface area contributed by atoms with Gasteiger partial charge in [-0.1, -0.05) is 11.6 Å². The molecule has 2 aliphatic heterocycles. The van der Waals surface area contributed by atoms with Crippen molar-refractivity contribution in [1.82, 2.24) is 20.3 Å². The number of rotatable bonds is 2. The Morgan fingerprint density at radius 2 is 2.25 bits per heavy atom. The van der Waals surface area contributed by atoms with Crippen LogP contribution in [0.2, 0.25) is 5.02 Å². The predicted molar refractivity (Wildman–Crippen MR) is 89.8 cm³/mol. The number of nitrogens with zero attached hydrogens (tertiary/aromatic N) is 3. The number of hydrogen-bond acceptors (Lipinski definition) is 5. The fraction of sp³-hybridized carbons (Fsp3) is 0.438. The maximum Gasteiger partial charge on any atom is 0.272 e. The zero-order valence-corrected chi connectivity index (χ0v) is 13.7. The third-order valence-electron chi connectivity index (χ3n) is 4.75. The molecule has 8 heteroatoms. The zero-order valence-electron chi connectivity index (χ0n) is 12.9. The molecule has 2 atom stereocenters. The molecule has 2 aliphatic rings. The van der Waals surface area contributed by atoms with Crippen LogP contribution in [0.3, 0.4) is 0 Å². The van der Waals surface area contributed by atoms with E-state index in [1.165, 1.54) is 12.3 Å². The maximum absolute atomic E-state index is 13.4. The van der Waals surface area contributed by atoms with Crippen molar-refractivity contribution in [3.63, 3.8) is 0 Å². The SMILES string of the molecule is O=c1[nH]c(-c2ccnc(F)c2)nc(N2CCC3NCCCC32)c1Cl. The number of fused-ring (bicyclic) bond motifs is 1. The fourth-order valence-corrected chi connectivity index (χ4v) is 3.83. The molecular weight excluding hydrogens is 333 g/mol. The van der Waals surface area contributed by atoms with Crippen LogP contribution in [0, 0.1) is 5.95 Å². The van der Waals surface area contributed by atoms with Crippen molar-refractivity contribution in [3.8, 4) is 11.4 Å². The lowest BCUT2D eigenvalue weighted by atomic mass is 9.99. The predicted octanol–water partition coefficient (Wildman–Crippen LogP) is 1.96. The van der Waals surface area contributed by atoms with Crippen molar-refractivity contribution in [2.45, 2.75) is 31.3 Å². The van der Waals surface area contributed by atoms with Gasteiger partial charge in [0.1, 0.15) is 10.8 Å². The van der Waals surface area contributed by atoms with Gasteiger partial charge in [0.25, 0.3) is 5.56 Å². The molecule has 2 aromatic rings. The fourth-order valence-electron chi connectivity index (χ4n) is 3.63. The van der Waals surface area contributed by atoms with Gasteiger partial charge in [0.2, 0.25) is 5.95 Å².